The van der Waals surface area contributed by atoms with Crippen LogP contribution in [0, 0.1) is 0 Å². The van der Waals surface area contributed by atoms with Crippen molar-refractivity contribution < 1.29 is 9.59 Å². The lowest BCUT2D eigenvalue weighted by molar-refractivity contribution is -0.120. The van der Waals surface area contributed by atoms with Gasteiger partial charge in [0.2, 0.25) is 5.91 Å². The van der Waals surface area contributed by atoms with Gasteiger partial charge in [-0.2, -0.15) is 0 Å². The number of carbonyl (C=O) groups excluding carboxylic acids is 2. The fourth-order valence-corrected chi connectivity index (χ4v) is 4.87. The third-order valence-corrected chi connectivity index (χ3v) is 6.54. The van der Waals surface area contributed by atoms with Crippen LogP contribution in [0.2, 0.25) is 5.02 Å². The highest BCUT2D eigenvalue weighted by atomic mass is 35.5. The van der Waals surface area contributed by atoms with Crippen LogP contribution in [-0.2, 0) is 16.8 Å². The van der Waals surface area contributed by atoms with Crippen LogP contribution in [0.25, 0.3) is 0 Å². The van der Waals surface area contributed by atoms with E-state index in [1.165, 1.54) is 0 Å². The summed E-state index contributed by atoms with van der Waals surface area (Å²) in [4.78, 5) is 27.6. The summed E-state index contributed by atoms with van der Waals surface area (Å²) >= 11 is 6.05. The number of para-hydroxylation sites is 1. The van der Waals surface area contributed by atoms with Crippen molar-refractivity contribution in [2.45, 2.75) is 24.3 Å². The monoisotopic (exact) mass is 416 g/mol. The molecule has 2 atom stereocenters. The highest BCUT2D eigenvalue weighted by Gasteiger charge is 2.66. The molecule has 1 saturated carbocycles. The molecule has 4 nitrogen and oxygen atoms in total. The van der Waals surface area contributed by atoms with Crippen LogP contribution < -0.4 is 10.2 Å². The molecule has 5 heteroatoms. The zero-order valence-electron chi connectivity index (χ0n) is 16.6. The van der Waals surface area contributed by atoms with Crippen molar-refractivity contribution >= 4 is 29.1 Å². The van der Waals surface area contributed by atoms with Gasteiger partial charge in [-0.3, -0.25) is 9.59 Å². The number of amides is 2. The normalized spacial score (nSPS) is 21.6. The molecule has 3 aromatic rings. The first-order valence-corrected chi connectivity index (χ1v) is 10.4. The fraction of sp³-hybridized carbons (Fsp3) is 0.200. The Bertz CT molecular complexity index is 1160. The Kier molecular flexibility index (Phi) is 4.40. The van der Waals surface area contributed by atoms with Gasteiger partial charge < -0.3 is 10.2 Å². The second-order valence-corrected chi connectivity index (χ2v) is 8.40. The summed E-state index contributed by atoms with van der Waals surface area (Å²) in [7, 11) is 1.61. The van der Waals surface area contributed by atoms with Crippen molar-refractivity contribution in [2.75, 3.05) is 11.9 Å². The van der Waals surface area contributed by atoms with Gasteiger partial charge in [0.1, 0.15) is 0 Å². The molecule has 2 amide bonds. The lowest BCUT2D eigenvalue weighted by atomic mass is 9.92. The molecule has 3 aromatic carbocycles. The zero-order valence-corrected chi connectivity index (χ0v) is 17.3. The zero-order chi connectivity index (χ0) is 20.9. The van der Waals surface area contributed by atoms with Gasteiger partial charge >= 0.3 is 0 Å². The van der Waals surface area contributed by atoms with Crippen LogP contribution in [-0.4, -0.2) is 18.9 Å². The molecule has 1 aliphatic heterocycles. The van der Waals surface area contributed by atoms with Crippen LogP contribution in [0.15, 0.2) is 72.8 Å². The number of rotatable bonds is 4. The number of hydrogen-bond acceptors (Lipinski definition) is 2. The Hall–Kier alpha value is -3.11. The second-order valence-electron chi connectivity index (χ2n) is 7.97. The maximum Gasteiger partial charge on any atom is 0.251 e. The highest BCUT2D eigenvalue weighted by molar-refractivity contribution is 6.30. The Balaban J connectivity index is 1.49. The van der Waals surface area contributed by atoms with E-state index in [0.29, 0.717) is 17.1 Å². The van der Waals surface area contributed by atoms with Crippen molar-refractivity contribution in [3.63, 3.8) is 0 Å². The van der Waals surface area contributed by atoms with Gasteiger partial charge in [-0.1, -0.05) is 54.1 Å². The van der Waals surface area contributed by atoms with Crippen molar-refractivity contribution in [3.05, 3.63) is 100 Å². The lowest BCUT2D eigenvalue weighted by Gasteiger charge is -2.19. The maximum atomic E-state index is 13.7. The average Bonchev–Trinajstić information content (AvgIpc) is 3.49. The molecule has 1 spiro atoms. The van der Waals surface area contributed by atoms with Crippen LogP contribution in [0.1, 0.15) is 39.4 Å². The minimum absolute atomic E-state index is 0.133. The quantitative estimate of drug-likeness (QED) is 0.671. The van der Waals surface area contributed by atoms with E-state index in [0.717, 1.165) is 28.8 Å². The largest absolute Gasteiger partial charge is 0.355 e. The maximum absolute atomic E-state index is 13.7. The first-order valence-electron chi connectivity index (χ1n) is 10.0. The van der Waals surface area contributed by atoms with E-state index in [1.54, 1.807) is 13.1 Å². The lowest BCUT2D eigenvalue weighted by Crippen LogP contribution is -2.32. The molecule has 0 aromatic heterocycles. The second kappa shape index (κ2) is 6.99. The number of anilines is 1. The third kappa shape index (κ3) is 2.83. The molecule has 30 heavy (non-hydrogen) atoms. The van der Waals surface area contributed by atoms with E-state index in [2.05, 4.69) is 11.4 Å². The van der Waals surface area contributed by atoms with E-state index in [9.17, 15) is 9.59 Å². The average molecular weight is 417 g/mol. The summed E-state index contributed by atoms with van der Waals surface area (Å²) in [6, 6.07) is 23.3. The van der Waals surface area contributed by atoms with Crippen molar-refractivity contribution in [1.29, 1.82) is 0 Å². The van der Waals surface area contributed by atoms with Gasteiger partial charge in [0.15, 0.2) is 0 Å². The molecular weight excluding hydrogens is 396 g/mol. The summed E-state index contributed by atoms with van der Waals surface area (Å²) in [5.41, 5.74) is 4.23. The fourth-order valence-electron chi connectivity index (χ4n) is 4.74. The molecule has 0 saturated heterocycles. The number of nitrogens with one attached hydrogen (secondary N) is 1. The van der Waals surface area contributed by atoms with Crippen molar-refractivity contribution in [1.82, 2.24) is 5.32 Å². The van der Waals surface area contributed by atoms with E-state index in [4.69, 9.17) is 11.6 Å². The van der Waals surface area contributed by atoms with Crippen LogP contribution in [0.4, 0.5) is 5.69 Å². The summed E-state index contributed by atoms with van der Waals surface area (Å²) in [5, 5.41) is 3.35. The summed E-state index contributed by atoms with van der Waals surface area (Å²) in [6.45, 7) is 0.440. The van der Waals surface area contributed by atoms with Gasteiger partial charge in [0.05, 0.1) is 12.0 Å². The van der Waals surface area contributed by atoms with Gasteiger partial charge in [-0.15, -0.1) is 0 Å². The van der Waals surface area contributed by atoms with Crippen LogP contribution in [0.5, 0.6) is 0 Å². The summed E-state index contributed by atoms with van der Waals surface area (Å²) in [5.74, 6) is 0.158. The van der Waals surface area contributed by atoms with Gasteiger partial charge in [-0.05, 0) is 53.4 Å². The Morgan fingerprint density at radius 2 is 1.87 bits per heavy atom. The number of nitrogens with zero attached hydrogens (tertiary/aromatic N) is 1. The molecule has 1 unspecified atom stereocenters. The number of benzene rings is 3. The Labute approximate surface area is 180 Å². The minimum Gasteiger partial charge on any atom is -0.355 e. The first kappa shape index (κ1) is 18.9. The topological polar surface area (TPSA) is 49.4 Å². The molecule has 1 aliphatic carbocycles. The van der Waals surface area contributed by atoms with Crippen molar-refractivity contribution in [3.8, 4) is 0 Å². The molecule has 1 heterocycles. The highest BCUT2D eigenvalue weighted by Crippen LogP contribution is 2.66. The predicted octanol–water partition coefficient (Wildman–Crippen LogP) is 4.67. The standard InChI is InChI=1S/C25H21ClN2O2/c1-27-23(29)18-6-4-5-16(13-18)15-28-22-8-3-2-7-20(22)25(24(28)30)14-21(25)17-9-11-19(26)12-10-17/h2-13,21H,14-15H2,1H3,(H,27,29)/t21-,25?/m1/s1. The molecule has 0 bridgehead atoms. The summed E-state index contributed by atoms with van der Waals surface area (Å²) < 4.78 is 0. The molecule has 0 radical (unpaired) electrons. The van der Waals surface area contributed by atoms with E-state index < -0.39 is 5.41 Å². The Morgan fingerprint density at radius 3 is 2.63 bits per heavy atom. The number of carbonyl (C=O) groups is 2. The SMILES string of the molecule is CNC(=O)c1cccc(CN2C(=O)C3(C[C@@H]3c3ccc(Cl)cc3)c3ccccc32)c1. The Morgan fingerprint density at radius 1 is 1.10 bits per heavy atom. The molecular formula is C25H21ClN2O2. The number of fused-ring (bicyclic) bond motifs is 2. The molecule has 5 rings (SSSR count). The van der Waals surface area contributed by atoms with Gasteiger partial charge in [0.25, 0.3) is 5.91 Å². The number of halogens is 1. The van der Waals surface area contributed by atoms with Gasteiger partial charge in [-0.25, -0.2) is 0 Å². The predicted molar refractivity (Wildman–Crippen MR) is 118 cm³/mol. The van der Waals surface area contributed by atoms with Crippen LogP contribution in [0.3, 0.4) is 0 Å². The molecule has 2 aliphatic rings. The molecule has 150 valence electrons. The summed E-state index contributed by atoms with van der Waals surface area (Å²) in [6.07, 6.45) is 0.805. The number of hydrogen-bond donors (Lipinski definition) is 1. The van der Waals surface area contributed by atoms with Crippen molar-refractivity contribution in [2.24, 2.45) is 0 Å². The van der Waals surface area contributed by atoms with E-state index in [1.807, 2.05) is 65.6 Å². The molecule has 1 N–H and O–H groups in total. The van der Waals surface area contributed by atoms with E-state index in [-0.39, 0.29) is 17.7 Å². The molecule has 1 fully saturated rings. The van der Waals surface area contributed by atoms with Gasteiger partial charge in [0, 0.05) is 29.2 Å². The minimum atomic E-state index is -0.497. The van der Waals surface area contributed by atoms with E-state index >= 15 is 0 Å². The smallest absolute Gasteiger partial charge is 0.251 e. The van der Waals surface area contributed by atoms with Crippen LogP contribution >= 0.6 is 11.6 Å². The third-order valence-electron chi connectivity index (χ3n) is 6.29. The first-order chi connectivity index (χ1) is 14.5.